The summed E-state index contributed by atoms with van der Waals surface area (Å²) in [6.45, 7) is 7.08. The van der Waals surface area contributed by atoms with Crippen LogP contribution in [0, 0.1) is 0 Å². The number of pyridine rings is 1. The second-order valence-electron chi connectivity index (χ2n) is 5.53. The van der Waals surface area contributed by atoms with Crippen LogP contribution in [0.2, 0.25) is 0 Å². The maximum Gasteiger partial charge on any atom is 0.251 e. The fraction of sp³-hybridized carbons (Fsp3) is 0.600. The van der Waals surface area contributed by atoms with Crippen LogP contribution in [0.3, 0.4) is 0 Å². The summed E-state index contributed by atoms with van der Waals surface area (Å²) >= 11 is 0. The van der Waals surface area contributed by atoms with Crippen molar-refractivity contribution in [1.29, 1.82) is 0 Å². The zero-order valence-electron chi connectivity index (χ0n) is 12.9. The highest BCUT2D eigenvalue weighted by molar-refractivity contribution is 5.95. The van der Waals surface area contributed by atoms with E-state index in [1.165, 1.54) is 12.8 Å². The van der Waals surface area contributed by atoms with E-state index in [0.717, 1.165) is 25.2 Å². The summed E-state index contributed by atoms with van der Waals surface area (Å²) < 4.78 is 0. The zero-order chi connectivity index (χ0) is 15.2. The van der Waals surface area contributed by atoms with Crippen LogP contribution in [0.1, 0.15) is 42.7 Å². The second-order valence-corrected chi connectivity index (χ2v) is 5.53. The van der Waals surface area contributed by atoms with Gasteiger partial charge in [0.1, 0.15) is 5.82 Å². The van der Waals surface area contributed by atoms with Crippen LogP contribution in [-0.2, 0) is 6.42 Å². The number of hydrogen-bond acceptors (Lipinski definition) is 5. The molecular formula is C15H25N5O. The summed E-state index contributed by atoms with van der Waals surface area (Å²) in [4.78, 5) is 19.0. The molecule has 1 amide bonds. The van der Waals surface area contributed by atoms with Gasteiger partial charge in [0.15, 0.2) is 0 Å². The molecule has 1 aliphatic rings. The van der Waals surface area contributed by atoms with E-state index in [4.69, 9.17) is 5.84 Å². The van der Waals surface area contributed by atoms with E-state index in [1.54, 1.807) is 6.07 Å². The van der Waals surface area contributed by atoms with Crippen LogP contribution in [0.4, 0.5) is 5.82 Å². The van der Waals surface area contributed by atoms with E-state index in [0.29, 0.717) is 24.0 Å². The van der Waals surface area contributed by atoms with E-state index < -0.39 is 0 Å². The van der Waals surface area contributed by atoms with E-state index in [-0.39, 0.29) is 5.91 Å². The van der Waals surface area contributed by atoms with Crippen molar-refractivity contribution in [2.24, 2.45) is 5.84 Å². The SMILES string of the molecule is CCc1cc(C(=O)NCC(C)N2CCCC2)cc(NN)n1. The predicted molar refractivity (Wildman–Crippen MR) is 84.0 cm³/mol. The molecule has 1 aromatic rings. The normalized spacial score (nSPS) is 16.7. The zero-order valence-corrected chi connectivity index (χ0v) is 12.9. The summed E-state index contributed by atoms with van der Waals surface area (Å²) in [5, 5.41) is 3.00. The first-order valence-electron chi connectivity index (χ1n) is 7.64. The largest absolute Gasteiger partial charge is 0.350 e. The average Bonchev–Trinajstić information content (AvgIpc) is 3.06. The third kappa shape index (κ3) is 4.15. The Bertz CT molecular complexity index is 463. The standard InChI is InChI=1S/C15H25N5O/c1-3-13-8-12(9-14(18-13)19-16)15(21)17-10-11(2)20-6-4-5-7-20/h8-9,11H,3-7,10,16H2,1-2H3,(H,17,21)(H,18,19). The highest BCUT2D eigenvalue weighted by Gasteiger charge is 2.18. The molecule has 0 aliphatic carbocycles. The number of nitrogen functional groups attached to an aromatic ring is 1. The molecule has 1 aromatic heterocycles. The van der Waals surface area contributed by atoms with E-state index >= 15 is 0 Å². The minimum atomic E-state index is -0.0744. The lowest BCUT2D eigenvalue weighted by Crippen LogP contribution is -2.40. The minimum absolute atomic E-state index is 0.0744. The number of aryl methyl sites for hydroxylation is 1. The van der Waals surface area contributed by atoms with Crippen LogP contribution >= 0.6 is 0 Å². The number of hydrogen-bond donors (Lipinski definition) is 3. The highest BCUT2D eigenvalue weighted by atomic mass is 16.1. The molecule has 116 valence electrons. The lowest BCUT2D eigenvalue weighted by atomic mass is 10.1. The van der Waals surface area contributed by atoms with Gasteiger partial charge >= 0.3 is 0 Å². The number of amides is 1. The number of carbonyl (C=O) groups excluding carboxylic acids is 1. The molecule has 6 nitrogen and oxygen atoms in total. The van der Waals surface area contributed by atoms with Crippen LogP contribution in [0.15, 0.2) is 12.1 Å². The Kier molecular flexibility index (Phi) is 5.52. The number of likely N-dealkylation sites (tertiary alicyclic amines) is 1. The van der Waals surface area contributed by atoms with Gasteiger partial charge in [-0.25, -0.2) is 10.8 Å². The third-order valence-electron chi connectivity index (χ3n) is 3.97. The van der Waals surface area contributed by atoms with Gasteiger partial charge in [-0.1, -0.05) is 6.92 Å². The Morgan fingerprint density at radius 1 is 1.43 bits per heavy atom. The van der Waals surface area contributed by atoms with Gasteiger partial charge in [-0.05, 0) is 51.4 Å². The number of nitrogens with one attached hydrogen (secondary N) is 2. The number of hydrazine groups is 1. The molecule has 0 aromatic carbocycles. The smallest absolute Gasteiger partial charge is 0.251 e. The molecule has 1 unspecified atom stereocenters. The van der Waals surface area contributed by atoms with Crippen LogP contribution < -0.4 is 16.6 Å². The maximum absolute atomic E-state index is 12.3. The molecule has 1 fully saturated rings. The minimum Gasteiger partial charge on any atom is -0.350 e. The Hall–Kier alpha value is -1.66. The number of rotatable bonds is 6. The van der Waals surface area contributed by atoms with Gasteiger partial charge in [0.05, 0.1) is 0 Å². The number of aromatic nitrogens is 1. The molecular weight excluding hydrogens is 266 g/mol. The maximum atomic E-state index is 12.3. The monoisotopic (exact) mass is 291 g/mol. The molecule has 0 spiro atoms. The topological polar surface area (TPSA) is 83.3 Å². The number of nitrogens with two attached hydrogens (primary N) is 1. The molecule has 1 saturated heterocycles. The average molecular weight is 291 g/mol. The van der Waals surface area contributed by atoms with Crippen molar-refractivity contribution in [2.45, 2.75) is 39.2 Å². The molecule has 2 heterocycles. The molecule has 4 N–H and O–H groups in total. The highest BCUT2D eigenvalue weighted by Crippen LogP contribution is 2.12. The summed E-state index contributed by atoms with van der Waals surface area (Å²) in [6, 6.07) is 3.86. The lowest BCUT2D eigenvalue weighted by molar-refractivity contribution is 0.0940. The fourth-order valence-corrected chi connectivity index (χ4v) is 2.63. The van der Waals surface area contributed by atoms with Crippen molar-refractivity contribution in [3.63, 3.8) is 0 Å². The van der Waals surface area contributed by atoms with Crippen molar-refractivity contribution in [1.82, 2.24) is 15.2 Å². The molecule has 2 rings (SSSR count). The first-order valence-corrected chi connectivity index (χ1v) is 7.64. The predicted octanol–water partition coefficient (Wildman–Crippen LogP) is 1.14. The lowest BCUT2D eigenvalue weighted by Gasteiger charge is -2.23. The van der Waals surface area contributed by atoms with Crippen LogP contribution in [0.25, 0.3) is 0 Å². The molecule has 0 saturated carbocycles. The van der Waals surface area contributed by atoms with E-state index in [2.05, 4.69) is 27.6 Å². The Morgan fingerprint density at radius 3 is 2.76 bits per heavy atom. The Balaban J connectivity index is 1.96. The van der Waals surface area contributed by atoms with Crippen molar-refractivity contribution in [3.8, 4) is 0 Å². The Morgan fingerprint density at radius 2 is 2.14 bits per heavy atom. The van der Waals surface area contributed by atoms with E-state index in [1.807, 2.05) is 13.0 Å². The molecule has 1 aliphatic heterocycles. The van der Waals surface area contributed by atoms with Gasteiger partial charge in [0, 0.05) is 23.8 Å². The first-order chi connectivity index (χ1) is 10.1. The van der Waals surface area contributed by atoms with E-state index in [9.17, 15) is 4.79 Å². The van der Waals surface area contributed by atoms with Crippen LogP contribution in [0.5, 0.6) is 0 Å². The number of carbonyl (C=O) groups is 1. The van der Waals surface area contributed by atoms with Crippen molar-refractivity contribution < 1.29 is 4.79 Å². The second kappa shape index (κ2) is 7.38. The molecule has 21 heavy (non-hydrogen) atoms. The van der Waals surface area contributed by atoms with Gasteiger partial charge in [-0.2, -0.15) is 0 Å². The van der Waals surface area contributed by atoms with Gasteiger partial charge in [0.2, 0.25) is 0 Å². The third-order valence-corrected chi connectivity index (χ3v) is 3.97. The van der Waals surface area contributed by atoms with Gasteiger partial charge in [-0.3, -0.25) is 9.69 Å². The van der Waals surface area contributed by atoms with Crippen molar-refractivity contribution in [3.05, 3.63) is 23.4 Å². The Labute approximate surface area is 126 Å². The number of nitrogens with zero attached hydrogens (tertiary/aromatic N) is 2. The summed E-state index contributed by atoms with van der Waals surface area (Å²) in [5.41, 5.74) is 3.96. The summed E-state index contributed by atoms with van der Waals surface area (Å²) in [7, 11) is 0. The number of anilines is 1. The molecule has 0 bridgehead atoms. The van der Waals surface area contributed by atoms with Gasteiger partial charge < -0.3 is 10.7 Å². The fourth-order valence-electron chi connectivity index (χ4n) is 2.63. The van der Waals surface area contributed by atoms with Crippen LogP contribution in [-0.4, -0.2) is 41.5 Å². The first kappa shape index (κ1) is 15.7. The van der Waals surface area contributed by atoms with Gasteiger partial charge in [-0.15, -0.1) is 0 Å². The summed E-state index contributed by atoms with van der Waals surface area (Å²) in [5.74, 6) is 5.84. The summed E-state index contributed by atoms with van der Waals surface area (Å²) in [6.07, 6.45) is 3.28. The molecule has 0 radical (unpaired) electrons. The van der Waals surface area contributed by atoms with Gasteiger partial charge in [0.25, 0.3) is 5.91 Å². The molecule has 1 atom stereocenters. The molecule has 6 heteroatoms. The van der Waals surface area contributed by atoms with Crippen molar-refractivity contribution in [2.75, 3.05) is 25.1 Å². The van der Waals surface area contributed by atoms with Crippen molar-refractivity contribution >= 4 is 11.7 Å². The quantitative estimate of drug-likeness (QED) is 0.541.